The summed E-state index contributed by atoms with van der Waals surface area (Å²) >= 11 is 0. The van der Waals surface area contributed by atoms with Crippen LogP contribution in [0.5, 0.6) is 5.75 Å². The molecule has 6 nitrogen and oxygen atoms in total. The maximum absolute atomic E-state index is 13.2. The van der Waals surface area contributed by atoms with Gasteiger partial charge in [-0.25, -0.2) is 17.2 Å². The van der Waals surface area contributed by atoms with Crippen LogP contribution in [0.15, 0.2) is 41.3 Å². The van der Waals surface area contributed by atoms with Gasteiger partial charge in [0.2, 0.25) is 0 Å². The van der Waals surface area contributed by atoms with E-state index in [1.165, 1.54) is 26.3 Å². The van der Waals surface area contributed by atoms with Crippen molar-refractivity contribution >= 4 is 21.6 Å². The average Bonchev–Trinajstić information content (AvgIpc) is 2.56. The molecule has 0 atom stereocenters. The Labute approximate surface area is 137 Å². The molecular formula is C15H14F2N2O4S. The first-order valence-corrected chi connectivity index (χ1v) is 8.15. The third-order valence-electron chi connectivity index (χ3n) is 3.12. The average molecular weight is 356 g/mol. The molecule has 0 saturated heterocycles. The van der Waals surface area contributed by atoms with Crippen molar-refractivity contribution in [2.24, 2.45) is 0 Å². The maximum atomic E-state index is 13.2. The monoisotopic (exact) mass is 356 g/mol. The number of hydrogen-bond donors (Lipinski definition) is 2. The highest BCUT2D eigenvalue weighted by atomic mass is 32.2. The second-order valence-corrected chi connectivity index (χ2v) is 6.36. The first kappa shape index (κ1) is 17.7. The molecule has 0 spiro atoms. The Morgan fingerprint density at radius 2 is 1.79 bits per heavy atom. The van der Waals surface area contributed by atoms with E-state index in [0.717, 1.165) is 24.3 Å². The number of anilines is 1. The minimum absolute atomic E-state index is 0.0214. The predicted molar refractivity (Wildman–Crippen MR) is 83.6 cm³/mol. The molecule has 0 bridgehead atoms. The van der Waals surface area contributed by atoms with E-state index in [-0.39, 0.29) is 21.9 Å². The highest BCUT2D eigenvalue weighted by molar-refractivity contribution is 7.92. The molecule has 0 unspecified atom stereocenters. The largest absolute Gasteiger partial charge is 0.496 e. The molecule has 0 aliphatic heterocycles. The summed E-state index contributed by atoms with van der Waals surface area (Å²) in [5.41, 5.74) is -0.126. The lowest BCUT2D eigenvalue weighted by Crippen LogP contribution is -2.20. The van der Waals surface area contributed by atoms with E-state index in [1.54, 1.807) is 0 Å². The molecule has 0 saturated carbocycles. The molecule has 0 aromatic heterocycles. The van der Waals surface area contributed by atoms with Crippen LogP contribution in [0, 0.1) is 11.6 Å². The van der Waals surface area contributed by atoms with Gasteiger partial charge in [0.15, 0.2) is 11.6 Å². The summed E-state index contributed by atoms with van der Waals surface area (Å²) in [6, 6.07) is 6.28. The molecule has 9 heteroatoms. The van der Waals surface area contributed by atoms with Crippen molar-refractivity contribution in [2.45, 2.75) is 4.90 Å². The molecule has 2 rings (SSSR count). The van der Waals surface area contributed by atoms with Crippen molar-refractivity contribution in [3.8, 4) is 5.75 Å². The fraction of sp³-hybridized carbons (Fsp3) is 0.133. The number of halogens is 2. The van der Waals surface area contributed by atoms with E-state index in [4.69, 9.17) is 4.74 Å². The minimum Gasteiger partial charge on any atom is -0.496 e. The van der Waals surface area contributed by atoms with Gasteiger partial charge in [0, 0.05) is 13.1 Å². The van der Waals surface area contributed by atoms with Crippen LogP contribution in [0.3, 0.4) is 0 Å². The van der Waals surface area contributed by atoms with Crippen LogP contribution in [0.4, 0.5) is 14.5 Å². The third kappa shape index (κ3) is 3.62. The van der Waals surface area contributed by atoms with Crippen molar-refractivity contribution < 1.29 is 26.7 Å². The second kappa shape index (κ2) is 6.83. The molecule has 128 valence electrons. The van der Waals surface area contributed by atoms with Gasteiger partial charge in [0.1, 0.15) is 5.75 Å². The second-order valence-electron chi connectivity index (χ2n) is 4.68. The van der Waals surface area contributed by atoms with Gasteiger partial charge >= 0.3 is 0 Å². The van der Waals surface area contributed by atoms with Crippen molar-refractivity contribution in [1.29, 1.82) is 0 Å². The Bertz CT molecular complexity index is 885. The molecule has 0 radical (unpaired) electrons. The van der Waals surface area contributed by atoms with Gasteiger partial charge in [-0.1, -0.05) is 0 Å². The number of nitrogens with one attached hydrogen (secondary N) is 2. The van der Waals surface area contributed by atoms with Gasteiger partial charge in [-0.3, -0.25) is 9.52 Å². The van der Waals surface area contributed by atoms with Crippen LogP contribution in [0.1, 0.15) is 10.4 Å². The summed E-state index contributed by atoms with van der Waals surface area (Å²) in [6.07, 6.45) is 0. The van der Waals surface area contributed by atoms with Gasteiger partial charge < -0.3 is 10.1 Å². The van der Waals surface area contributed by atoms with Crippen molar-refractivity contribution in [1.82, 2.24) is 5.32 Å². The van der Waals surface area contributed by atoms with Gasteiger partial charge in [-0.15, -0.1) is 0 Å². The van der Waals surface area contributed by atoms with E-state index in [0.29, 0.717) is 0 Å². The summed E-state index contributed by atoms with van der Waals surface area (Å²) in [5.74, 6) is -2.61. The first-order chi connectivity index (χ1) is 11.3. The maximum Gasteiger partial charge on any atom is 0.261 e. The zero-order chi connectivity index (χ0) is 17.9. The predicted octanol–water partition coefficient (Wildman–Crippen LogP) is 2.13. The van der Waals surface area contributed by atoms with E-state index >= 15 is 0 Å². The molecule has 2 N–H and O–H groups in total. The Kier molecular flexibility index (Phi) is 5.03. The number of ether oxygens (including phenoxy) is 1. The topological polar surface area (TPSA) is 84.5 Å². The SMILES string of the molecule is CNC(=O)c1cc(S(=O)(=O)Nc2ccc(F)c(F)c2)ccc1OC. The normalized spacial score (nSPS) is 11.0. The highest BCUT2D eigenvalue weighted by Gasteiger charge is 2.20. The summed E-state index contributed by atoms with van der Waals surface area (Å²) in [6.45, 7) is 0. The first-order valence-electron chi connectivity index (χ1n) is 6.66. The molecule has 0 aliphatic rings. The van der Waals surface area contributed by atoms with Crippen LogP contribution in [0.25, 0.3) is 0 Å². The summed E-state index contributed by atoms with van der Waals surface area (Å²) in [4.78, 5) is 11.6. The van der Waals surface area contributed by atoms with Crippen LogP contribution < -0.4 is 14.8 Å². The lowest BCUT2D eigenvalue weighted by atomic mass is 10.2. The van der Waals surface area contributed by atoms with Gasteiger partial charge in [-0.05, 0) is 30.3 Å². The Balaban J connectivity index is 2.41. The van der Waals surface area contributed by atoms with Crippen molar-refractivity contribution in [3.05, 3.63) is 53.6 Å². The lowest BCUT2D eigenvalue weighted by Gasteiger charge is -2.12. The Morgan fingerprint density at radius 1 is 1.08 bits per heavy atom. The van der Waals surface area contributed by atoms with E-state index in [2.05, 4.69) is 10.0 Å². The molecule has 0 heterocycles. The standard InChI is InChI=1S/C15H14F2N2O4S/c1-18-15(20)11-8-10(4-6-14(11)23-2)24(21,22)19-9-3-5-12(16)13(17)7-9/h3-8,19H,1-2H3,(H,18,20). The quantitative estimate of drug-likeness (QED) is 0.860. The third-order valence-corrected chi connectivity index (χ3v) is 4.50. The number of rotatable bonds is 5. The molecular weight excluding hydrogens is 342 g/mol. The Morgan fingerprint density at radius 3 is 2.38 bits per heavy atom. The molecule has 1 amide bonds. The van der Waals surface area contributed by atoms with E-state index < -0.39 is 27.6 Å². The number of sulfonamides is 1. The van der Waals surface area contributed by atoms with Crippen LogP contribution in [0.2, 0.25) is 0 Å². The Hall–Kier alpha value is -2.68. The fourth-order valence-corrected chi connectivity index (χ4v) is 3.02. The number of amides is 1. The molecule has 24 heavy (non-hydrogen) atoms. The van der Waals surface area contributed by atoms with Crippen LogP contribution in [-0.4, -0.2) is 28.5 Å². The van der Waals surface area contributed by atoms with Crippen LogP contribution in [-0.2, 0) is 10.0 Å². The summed E-state index contributed by atoms with van der Waals surface area (Å²) in [7, 11) is -1.37. The van der Waals surface area contributed by atoms with Crippen molar-refractivity contribution in [3.63, 3.8) is 0 Å². The summed E-state index contributed by atoms with van der Waals surface area (Å²) < 4.78 is 58.0. The number of carbonyl (C=O) groups excluding carboxylic acids is 1. The van der Waals surface area contributed by atoms with Crippen molar-refractivity contribution in [2.75, 3.05) is 18.9 Å². The van der Waals surface area contributed by atoms with E-state index in [9.17, 15) is 22.0 Å². The molecule has 0 fully saturated rings. The van der Waals surface area contributed by atoms with Gasteiger partial charge in [0.05, 0.1) is 23.3 Å². The number of benzene rings is 2. The zero-order valence-corrected chi connectivity index (χ0v) is 13.6. The van der Waals surface area contributed by atoms with Crippen LogP contribution >= 0.6 is 0 Å². The summed E-state index contributed by atoms with van der Waals surface area (Å²) in [5, 5.41) is 2.37. The van der Waals surface area contributed by atoms with E-state index in [1.807, 2.05) is 0 Å². The number of hydrogen-bond acceptors (Lipinski definition) is 4. The lowest BCUT2D eigenvalue weighted by molar-refractivity contribution is 0.0960. The number of methoxy groups -OCH3 is 1. The molecule has 2 aromatic carbocycles. The van der Waals surface area contributed by atoms with Gasteiger partial charge in [-0.2, -0.15) is 0 Å². The molecule has 0 aliphatic carbocycles. The minimum atomic E-state index is -4.11. The zero-order valence-electron chi connectivity index (χ0n) is 12.8. The molecule has 2 aromatic rings. The number of carbonyl (C=O) groups is 1. The highest BCUT2D eigenvalue weighted by Crippen LogP contribution is 2.24. The smallest absolute Gasteiger partial charge is 0.261 e. The fourth-order valence-electron chi connectivity index (χ4n) is 1.94. The van der Waals surface area contributed by atoms with Gasteiger partial charge in [0.25, 0.3) is 15.9 Å².